The van der Waals surface area contributed by atoms with E-state index >= 15 is 0 Å². The molecule has 0 radical (unpaired) electrons. The zero-order chi connectivity index (χ0) is 13.0. The van der Waals surface area contributed by atoms with Crippen molar-refractivity contribution < 1.29 is 9.84 Å². The van der Waals surface area contributed by atoms with Crippen molar-refractivity contribution in [1.29, 1.82) is 0 Å². The number of nitrogens with zero attached hydrogens (tertiary/aromatic N) is 1. The van der Waals surface area contributed by atoms with Crippen molar-refractivity contribution in [2.75, 3.05) is 0 Å². The van der Waals surface area contributed by atoms with E-state index in [9.17, 15) is 0 Å². The third-order valence-corrected chi connectivity index (χ3v) is 3.28. The van der Waals surface area contributed by atoms with E-state index in [0.717, 1.165) is 27.0 Å². The Bertz CT molecular complexity index is 543. The summed E-state index contributed by atoms with van der Waals surface area (Å²) in [6.45, 7) is 2.47. The molecule has 0 aliphatic heterocycles. The van der Waals surface area contributed by atoms with Crippen LogP contribution in [0.3, 0.4) is 0 Å². The molecule has 0 aliphatic rings. The molecular formula is C14H14BrNO2. The number of aliphatic hydroxyl groups is 1. The first-order valence-corrected chi connectivity index (χ1v) is 6.42. The van der Waals surface area contributed by atoms with Gasteiger partial charge in [-0.1, -0.05) is 12.1 Å². The Balaban J connectivity index is 2.09. The fourth-order valence-corrected chi connectivity index (χ4v) is 2.12. The molecule has 0 fully saturated rings. The van der Waals surface area contributed by atoms with Gasteiger partial charge in [0.2, 0.25) is 0 Å². The minimum absolute atomic E-state index is 0.0260. The van der Waals surface area contributed by atoms with Crippen LogP contribution < -0.4 is 4.74 Å². The zero-order valence-electron chi connectivity index (χ0n) is 10.1. The van der Waals surface area contributed by atoms with Crippen molar-refractivity contribution in [2.45, 2.75) is 20.1 Å². The molecule has 2 aromatic rings. The highest BCUT2D eigenvalue weighted by Crippen LogP contribution is 2.26. The fourth-order valence-electron chi connectivity index (χ4n) is 1.58. The molecule has 0 unspecified atom stereocenters. The molecule has 2 rings (SSSR count). The predicted octanol–water partition coefficient (Wildman–Crippen LogP) is 3.22. The van der Waals surface area contributed by atoms with E-state index < -0.39 is 0 Å². The van der Waals surface area contributed by atoms with Crippen molar-refractivity contribution in [3.05, 3.63) is 57.8 Å². The number of halogens is 1. The topological polar surface area (TPSA) is 42.4 Å². The summed E-state index contributed by atoms with van der Waals surface area (Å²) < 4.78 is 6.55. The largest absolute Gasteiger partial charge is 0.486 e. The number of pyridine rings is 1. The van der Waals surface area contributed by atoms with Gasteiger partial charge in [0.1, 0.15) is 12.4 Å². The summed E-state index contributed by atoms with van der Waals surface area (Å²) in [5, 5.41) is 9.03. The van der Waals surface area contributed by atoms with Gasteiger partial charge in [0.05, 0.1) is 16.8 Å². The first-order valence-electron chi connectivity index (χ1n) is 5.63. The number of hydrogen-bond donors (Lipinski definition) is 1. The minimum atomic E-state index is 0.0260. The Morgan fingerprint density at radius 3 is 2.83 bits per heavy atom. The second kappa shape index (κ2) is 5.98. The van der Waals surface area contributed by atoms with Gasteiger partial charge in [-0.25, -0.2) is 0 Å². The zero-order valence-corrected chi connectivity index (χ0v) is 11.6. The Morgan fingerprint density at radius 2 is 2.17 bits per heavy atom. The highest BCUT2D eigenvalue weighted by molar-refractivity contribution is 9.10. The van der Waals surface area contributed by atoms with Crippen LogP contribution >= 0.6 is 15.9 Å². The van der Waals surface area contributed by atoms with Crippen LogP contribution in [-0.2, 0) is 13.2 Å². The van der Waals surface area contributed by atoms with E-state index in [-0.39, 0.29) is 6.61 Å². The third-order valence-electron chi connectivity index (χ3n) is 2.66. The summed E-state index contributed by atoms with van der Waals surface area (Å²) >= 11 is 3.42. The normalized spacial score (nSPS) is 10.4. The maximum Gasteiger partial charge on any atom is 0.134 e. The van der Waals surface area contributed by atoms with Gasteiger partial charge in [0.25, 0.3) is 0 Å². The molecule has 1 heterocycles. The molecule has 18 heavy (non-hydrogen) atoms. The van der Waals surface area contributed by atoms with Gasteiger partial charge in [-0.2, -0.15) is 0 Å². The lowest BCUT2D eigenvalue weighted by Crippen LogP contribution is -2.01. The average Bonchev–Trinajstić information content (AvgIpc) is 2.39. The lowest BCUT2D eigenvalue weighted by atomic mass is 10.2. The highest BCUT2D eigenvalue weighted by Gasteiger charge is 2.04. The highest BCUT2D eigenvalue weighted by atomic mass is 79.9. The molecule has 0 bridgehead atoms. The van der Waals surface area contributed by atoms with Gasteiger partial charge in [0.15, 0.2) is 0 Å². The number of benzene rings is 1. The smallest absolute Gasteiger partial charge is 0.134 e. The number of rotatable bonds is 4. The van der Waals surface area contributed by atoms with Crippen molar-refractivity contribution in [2.24, 2.45) is 0 Å². The molecule has 4 heteroatoms. The van der Waals surface area contributed by atoms with Crippen molar-refractivity contribution in [3.8, 4) is 5.75 Å². The summed E-state index contributed by atoms with van der Waals surface area (Å²) in [7, 11) is 0. The Kier molecular flexibility index (Phi) is 4.33. The first kappa shape index (κ1) is 13.1. The van der Waals surface area contributed by atoms with Gasteiger partial charge >= 0.3 is 0 Å². The monoisotopic (exact) mass is 307 g/mol. The van der Waals surface area contributed by atoms with E-state index in [4.69, 9.17) is 9.84 Å². The molecule has 0 aliphatic carbocycles. The van der Waals surface area contributed by atoms with E-state index in [0.29, 0.717) is 6.61 Å². The summed E-state index contributed by atoms with van der Waals surface area (Å²) in [5.41, 5.74) is 2.89. The van der Waals surface area contributed by atoms with Gasteiger partial charge in [-0.05, 0) is 52.2 Å². The van der Waals surface area contributed by atoms with Crippen LogP contribution in [0, 0.1) is 6.92 Å². The van der Waals surface area contributed by atoms with Crippen LogP contribution in [-0.4, -0.2) is 10.1 Å². The summed E-state index contributed by atoms with van der Waals surface area (Å²) in [5.74, 6) is 0.747. The second-order valence-electron chi connectivity index (χ2n) is 3.98. The van der Waals surface area contributed by atoms with E-state index in [2.05, 4.69) is 20.9 Å². The molecule has 0 saturated carbocycles. The molecule has 94 valence electrons. The third kappa shape index (κ3) is 3.09. The van der Waals surface area contributed by atoms with Gasteiger partial charge in [-0.3, -0.25) is 4.98 Å². The number of aliphatic hydroxyl groups excluding tert-OH is 1. The summed E-state index contributed by atoms with van der Waals surface area (Å²) in [6.07, 6.45) is 1.76. The molecule has 0 spiro atoms. The lowest BCUT2D eigenvalue weighted by Gasteiger charge is -2.10. The first-order chi connectivity index (χ1) is 8.70. The van der Waals surface area contributed by atoms with Gasteiger partial charge in [-0.15, -0.1) is 0 Å². The molecule has 1 aromatic heterocycles. The molecule has 1 N–H and O–H groups in total. The van der Waals surface area contributed by atoms with Crippen LogP contribution in [0.4, 0.5) is 0 Å². The summed E-state index contributed by atoms with van der Waals surface area (Å²) in [4.78, 5) is 4.28. The van der Waals surface area contributed by atoms with Crippen LogP contribution in [0.15, 0.2) is 41.0 Å². The maximum absolute atomic E-state index is 9.03. The summed E-state index contributed by atoms with van der Waals surface area (Å²) in [6, 6.07) is 9.44. The van der Waals surface area contributed by atoms with Crippen LogP contribution in [0.1, 0.15) is 16.8 Å². The second-order valence-corrected chi connectivity index (χ2v) is 4.83. The predicted molar refractivity (Wildman–Crippen MR) is 73.4 cm³/mol. The molecule has 3 nitrogen and oxygen atoms in total. The number of hydrogen-bond acceptors (Lipinski definition) is 3. The number of ether oxygens (including phenoxy) is 1. The van der Waals surface area contributed by atoms with Crippen LogP contribution in [0.2, 0.25) is 0 Å². The van der Waals surface area contributed by atoms with Crippen molar-refractivity contribution in [1.82, 2.24) is 4.98 Å². The number of aromatic nitrogens is 1. The average molecular weight is 308 g/mol. The van der Waals surface area contributed by atoms with E-state index in [1.165, 1.54) is 0 Å². The standard InChI is InChI=1S/C14H14BrNO2/c1-10-3-2-6-16-13(10)9-18-14-5-4-11(8-17)7-12(14)15/h2-7,17H,8-9H2,1H3. The quantitative estimate of drug-likeness (QED) is 0.943. The molecule has 0 saturated heterocycles. The van der Waals surface area contributed by atoms with E-state index in [1.54, 1.807) is 6.20 Å². The van der Waals surface area contributed by atoms with Crippen molar-refractivity contribution >= 4 is 15.9 Å². The number of aryl methyl sites for hydroxylation is 1. The fraction of sp³-hybridized carbons (Fsp3) is 0.214. The van der Waals surface area contributed by atoms with Gasteiger partial charge < -0.3 is 9.84 Å². The SMILES string of the molecule is Cc1cccnc1COc1ccc(CO)cc1Br. The van der Waals surface area contributed by atoms with Crippen LogP contribution in [0.5, 0.6) is 5.75 Å². The maximum atomic E-state index is 9.03. The molecule has 1 aromatic carbocycles. The van der Waals surface area contributed by atoms with E-state index in [1.807, 2.05) is 37.3 Å². The molecular weight excluding hydrogens is 294 g/mol. The Labute approximate surface area is 115 Å². The Hall–Kier alpha value is -1.39. The molecule has 0 amide bonds. The van der Waals surface area contributed by atoms with Gasteiger partial charge in [0, 0.05) is 6.20 Å². The molecule has 0 atom stereocenters. The Morgan fingerprint density at radius 1 is 1.33 bits per heavy atom. The lowest BCUT2D eigenvalue weighted by molar-refractivity contribution is 0.280. The van der Waals surface area contributed by atoms with Crippen molar-refractivity contribution in [3.63, 3.8) is 0 Å². The minimum Gasteiger partial charge on any atom is -0.486 e. The van der Waals surface area contributed by atoms with Crippen LogP contribution in [0.25, 0.3) is 0 Å².